The molecule has 0 fully saturated rings. The standard InChI is InChI=1S/C16H22N4/c1-4-5-6-7-14-8-9-15(20-14)10-11-17-16-18-12(2)13(3)19-16/h4-7,9H,8,10-11H2,1-3H3,(H2,17,18,19)/b5-4-,7-6-. The Labute approximate surface area is 120 Å². The number of allylic oxidation sites excluding steroid dienone is 5. The molecular formula is C16H22N4. The van der Waals surface area contributed by atoms with Crippen LogP contribution in [-0.2, 0) is 0 Å². The van der Waals surface area contributed by atoms with Gasteiger partial charge in [-0.1, -0.05) is 24.3 Å². The van der Waals surface area contributed by atoms with Gasteiger partial charge in [0.05, 0.1) is 5.69 Å². The second-order valence-corrected chi connectivity index (χ2v) is 4.86. The van der Waals surface area contributed by atoms with E-state index in [0.717, 1.165) is 48.1 Å². The van der Waals surface area contributed by atoms with Crippen LogP contribution in [0.3, 0.4) is 0 Å². The smallest absolute Gasteiger partial charge is 0.200 e. The fourth-order valence-corrected chi connectivity index (χ4v) is 1.98. The first kappa shape index (κ1) is 14.3. The SMILES string of the molecule is C/C=C\C=C/C1=NC(CCNc2nc(C)c(C)[nH]2)=CC1. The monoisotopic (exact) mass is 270 g/mol. The molecule has 4 nitrogen and oxygen atoms in total. The summed E-state index contributed by atoms with van der Waals surface area (Å²) in [6, 6.07) is 0. The van der Waals surface area contributed by atoms with Crippen molar-refractivity contribution in [1.82, 2.24) is 9.97 Å². The number of anilines is 1. The van der Waals surface area contributed by atoms with Gasteiger partial charge in [-0.3, -0.25) is 4.99 Å². The van der Waals surface area contributed by atoms with Crippen LogP contribution in [-0.4, -0.2) is 22.2 Å². The average molecular weight is 270 g/mol. The van der Waals surface area contributed by atoms with E-state index >= 15 is 0 Å². The molecule has 0 bridgehead atoms. The molecular weight excluding hydrogens is 248 g/mol. The number of nitrogens with zero attached hydrogens (tertiary/aromatic N) is 2. The summed E-state index contributed by atoms with van der Waals surface area (Å²) in [6.07, 6.45) is 12.2. The predicted molar refractivity (Wildman–Crippen MR) is 85.3 cm³/mol. The van der Waals surface area contributed by atoms with Crippen LogP contribution in [0.1, 0.15) is 31.2 Å². The summed E-state index contributed by atoms with van der Waals surface area (Å²) in [5.41, 5.74) is 4.43. The Morgan fingerprint density at radius 2 is 2.20 bits per heavy atom. The fraction of sp³-hybridized carbons (Fsp3) is 0.375. The van der Waals surface area contributed by atoms with E-state index in [4.69, 9.17) is 0 Å². The lowest BCUT2D eigenvalue weighted by Gasteiger charge is -2.01. The Morgan fingerprint density at radius 1 is 1.35 bits per heavy atom. The van der Waals surface area contributed by atoms with Gasteiger partial charge in [-0.15, -0.1) is 0 Å². The van der Waals surface area contributed by atoms with Crippen molar-refractivity contribution >= 4 is 11.7 Å². The molecule has 1 aromatic rings. The van der Waals surface area contributed by atoms with Crippen molar-refractivity contribution in [2.24, 2.45) is 4.99 Å². The number of imidazole rings is 1. The van der Waals surface area contributed by atoms with Crippen molar-refractivity contribution in [3.05, 3.63) is 47.5 Å². The van der Waals surface area contributed by atoms with Crippen LogP contribution in [0.4, 0.5) is 5.95 Å². The van der Waals surface area contributed by atoms with Gasteiger partial charge in [0.25, 0.3) is 0 Å². The molecule has 1 aromatic heterocycles. The number of rotatable bonds is 6. The minimum absolute atomic E-state index is 0.841. The Morgan fingerprint density at radius 3 is 2.90 bits per heavy atom. The minimum atomic E-state index is 0.841. The maximum Gasteiger partial charge on any atom is 0.200 e. The van der Waals surface area contributed by atoms with Crippen molar-refractivity contribution in [3.8, 4) is 0 Å². The lowest BCUT2D eigenvalue weighted by molar-refractivity contribution is 0.966. The van der Waals surface area contributed by atoms with Crippen LogP contribution in [0, 0.1) is 13.8 Å². The number of H-pyrrole nitrogens is 1. The minimum Gasteiger partial charge on any atom is -0.355 e. The Balaban J connectivity index is 1.78. The summed E-state index contributed by atoms with van der Waals surface area (Å²) in [7, 11) is 0. The van der Waals surface area contributed by atoms with Gasteiger partial charge in [0.2, 0.25) is 5.95 Å². The van der Waals surface area contributed by atoms with Gasteiger partial charge < -0.3 is 10.3 Å². The molecule has 2 heterocycles. The molecule has 2 N–H and O–H groups in total. The van der Waals surface area contributed by atoms with E-state index in [2.05, 4.69) is 32.4 Å². The molecule has 0 unspecified atom stereocenters. The highest BCUT2D eigenvalue weighted by Gasteiger charge is 2.06. The third-order valence-electron chi connectivity index (χ3n) is 3.23. The van der Waals surface area contributed by atoms with Crippen molar-refractivity contribution in [2.45, 2.75) is 33.6 Å². The molecule has 1 aliphatic heterocycles. The molecule has 20 heavy (non-hydrogen) atoms. The van der Waals surface area contributed by atoms with Crippen LogP contribution in [0.25, 0.3) is 0 Å². The Hall–Kier alpha value is -2.10. The molecule has 0 aliphatic carbocycles. The van der Waals surface area contributed by atoms with Gasteiger partial charge in [0.1, 0.15) is 0 Å². The first-order valence-electron chi connectivity index (χ1n) is 7.02. The molecule has 1 aliphatic rings. The third kappa shape index (κ3) is 3.95. The maximum absolute atomic E-state index is 4.60. The Kier molecular flexibility index (Phi) is 4.93. The first-order valence-corrected chi connectivity index (χ1v) is 7.02. The van der Waals surface area contributed by atoms with Gasteiger partial charge in [0, 0.05) is 36.5 Å². The van der Waals surface area contributed by atoms with E-state index in [1.165, 1.54) is 0 Å². The number of aromatic amines is 1. The van der Waals surface area contributed by atoms with E-state index < -0.39 is 0 Å². The van der Waals surface area contributed by atoms with Crippen molar-refractivity contribution in [1.29, 1.82) is 0 Å². The quantitative estimate of drug-likeness (QED) is 0.775. The summed E-state index contributed by atoms with van der Waals surface area (Å²) >= 11 is 0. The number of hydrogen-bond acceptors (Lipinski definition) is 3. The summed E-state index contributed by atoms with van der Waals surface area (Å²) in [5.74, 6) is 0.843. The van der Waals surface area contributed by atoms with Crippen LogP contribution >= 0.6 is 0 Å². The van der Waals surface area contributed by atoms with Gasteiger partial charge in [-0.05, 0) is 26.8 Å². The first-order chi connectivity index (χ1) is 9.69. The predicted octanol–water partition coefficient (Wildman–Crippen LogP) is 3.69. The van der Waals surface area contributed by atoms with Crippen LogP contribution in [0.15, 0.2) is 41.1 Å². The second kappa shape index (κ2) is 6.89. The number of aryl methyl sites for hydroxylation is 2. The van der Waals surface area contributed by atoms with Gasteiger partial charge in [-0.25, -0.2) is 4.98 Å². The number of aromatic nitrogens is 2. The molecule has 0 saturated carbocycles. The molecule has 0 amide bonds. The summed E-state index contributed by atoms with van der Waals surface area (Å²) in [6.45, 7) is 6.88. The third-order valence-corrected chi connectivity index (χ3v) is 3.23. The average Bonchev–Trinajstić information content (AvgIpc) is 2.98. The highest BCUT2D eigenvalue weighted by molar-refractivity contribution is 5.98. The van der Waals surface area contributed by atoms with E-state index in [1.54, 1.807) is 0 Å². The highest BCUT2D eigenvalue weighted by atomic mass is 15.1. The van der Waals surface area contributed by atoms with Gasteiger partial charge in [0.15, 0.2) is 0 Å². The molecule has 106 valence electrons. The molecule has 0 aromatic carbocycles. The molecule has 0 spiro atoms. The normalized spacial score (nSPS) is 15.2. The number of aliphatic imine (C=N–C) groups is 1. The van der Waals surface area contributed by atoms with Crippen LogP contribution in [0.5, 0.6) is 0 Å². The zero-order valence-corrected chi connectivity index (χ0v) is 12.4. The van der Waals surface area contributed by atoms with Gasteiger partial charge in [-0.2, -0.15) is 0 Å². The zero-order chi connectivity index (χ0) is 14.4. The molecule has 0 saturated heterocycles. The molecule has 0 atom stereocenters. The van der Waals surface area contributed by atoms with Crippen LogP contribution in [0.2, 0.25) is 0 Å². The van der Waals surface area contributed by atoms with E-state index in [0.29, 0.717) is 0 Å². The van der Waals surface area contributed by atoms with E-state index in [1.807, 2.05) is 39.0 Å². The molecule has 4 heteroatoms. The summed E-state index contributed by atoms with van der Waals surface area (Å²) in [5, 5.41) is 3.29. The summed E-state index contributed by atoms with van der Waals surface area (Å²) < 4.78 is 0. The number of nitrogens with one attached hydrogen (secondary N) is 2. The summed E-state index contributed by atoms with van der Waals surface area (Å²) in [4.78, 5) is 12.2. The molecule has 2 rings (SSSR count). The van der Waals surface area contributed by atoms with E-state index in [-0.39, 0.29) is 0 Å². The zero-order valence-electron chi connectivity index (χ0n) is 12.4. The van der Waals surface area contributed by atoms with Crippen LogP contribution < -0.4 is 5.32 Å². The maximum atomic E-state index is 4.60. The van der Waals surface area contributed by atoms with Crippen molar-refractivity contribution < 1.29 is 0 Å². The lowest BCUT2D eigenvalue weighted by Crippen LogP contribution is -2.03. The largest absolute Gasteiger partial charge is 0.355 e. The Bertz CT molecular complexity index is 554. The second-order valence-electron chi connectivity index (χ2n) is 4.86. The van der Waals surface area contributed by atoms with Gasteiger partial charge >= 0.3 is 0 Å². The fourth-order valence-electron chi connectivity index (χ4n) is 1.98. The highest BCUT2D eigenvalue weighted by Crippen LogP contribution is 2.15. The van der Waals surface area contributed by atoms with Crippen molar-refractivity contribution in [2.75, 3.05) is 11.9 Å². The van der Waals surface area contributed by atoms with E-state index in [9.17, 15) is 0 Å². The topological polar surface area (TPSA) is 53.1 Å². The molecule has 0 radical (unpaired) electrons. The lowest BCUT2D eigenvalue weighted by atomic mass is 10.2. The number of hydrogen-bond donors (Lipinski definition) is 2. The van der Waals surface area contributed by atoms with Crippen molar-refractivity contribution in [3.63, 3.8) is 0 Å².